The number of nitrogens with zero attached hydrogens (tertiary/aromatic N) is 5. The van der Waals surface area contributed by atoms with Crippen LogP contribution in [0.1, 0.15) is 30.1 Å². The Bertz CT molecular complexity index is 1440. The number of nitrogens with two attached hydrogens (primary N) is 1. The molecule has 190 valence electrons. The van der Waals surface area contributed by atoms with Gasteiger partial charge in [0.15, 0.2) is 0 Å². The maximum absolute atomic E-state index is 12.8. The molecule has 0 saturated carbocycles. The van der Waals surface area contributed by atoms with E-state index < -0.39 is 0 Å². The maximum Gasteiger partial charge on any atom is 0.255 e. The number of aromatic nitrogens is 4. The molecule has 5 rings (SSSR count). The van der Waals surface area contributed by atoms with Gasteiger partial charge in [0.05, 0.1) is 28.9 Å². The molecule has 1 aliphatic rings. The first-order valence-electron chi connectivity index (χ1n) is 12.3. The smallest absolute Gasteiger partial charge is 0.255 e. The molecule has 1 amide bonds. The van der Waals surface area contributed by atoms with E-state index in [0.29, 0.717) is 36.1 Å². The third-order valence-electron chi connectivity index (χ3n) is 6.54. The zero-order chi connectivity index (χ0) is 25.9. The first-order valence-corrected chi connectivity index (χ1v) is 12.3. The summed E-state index contributed by atoms with van der Waals surface area (Å²) >= 11 is 0. The Hall–Kier alpha value is -4.24. The lowest BCUT2D eigenvalue weighted by molar-refractivity contribution is 0.0792. The van der Waals surface area contributed by atoms with Crippen LogP contribution in [0.4, 0.5) is 11.5 Å². The van der Waals surface area contributed by atoms with Crippen LogP contribution in [0.5, 0.6) is 0 Å². The standard InChI is InChI=1S/C28H31N7O2/c1-18(2)15-37-17-33-21-9-6-19(7-10-21)25-23(24-26(29)31-16-32-27(24)34(25)3)22-11-8-20(14-30-22)28(36)35-12-4-5-13-35/h6-11,14,16,33H,1,4-5,12-13,15,17H2,2-3H3,(H2,29,31,32). The second-order valence-electron chi connectivity index (χ2n) is 9.38. The van der Waals surface area contributed by atoms with E-state index in [2.05, 4.69) is 21.9 Å². The lowest BCUT2D eigenvalue weighted by atomic mass is 10.0. The summed E-state index contributed by atoms with van der Waals surface area (Å²) in [5, 5.41) is 3.99. The number of aryl methyl sites for hydroxylation is 1. The lowest BCUT2D eigenvalue weighted by Gasteiger charge is -2.15. The van der Waals surface area contributed by atoms with E-state index in [9.17, 15) is 4.79 Å². The van der Waals surface area contributed by atoms with Crippen molar-refractivity contribution in [3.63, 3.8) is 0 Å². The van der Waals surface area contributed by atoms with E-state index >= 15 is 0 Å². The molecule has 0 bridgehead atoms. The Kier molecular flexibility index (Phi) is 6.87. The van der Waals surface area contributed by atoms with E-state index in [1.165, 1.54) is 6.33 Å². The summed E-state index contributed by atoms with van der Waals surface area (Å²) in [4.78, 5) is 28.2. The Morgan fingerprint density at radius 2 is 1.86 bits per heavy atom. The first-order chi connectivity index (χ1) is 17.9. The minimum atomic E-state index is 0.0212. The largest absolute Gasteiger partial charge is 0.383 e. The van der Waals surface area contributed by atoms with Crippen molar-refractivity contribution < 1.29 is 9.53 Å². The van der Waals surface area contributed by atoms with Crippen LogP contribution in [0, 0.1) is 0 Å². The zero-order valence-corrected chi connectivity index (χ0v) is 21.2. The summed E-state index contributed by atoms with van der Waals surface area (Å²) in [5.74, 6) is 0.404. The fraction of sp³-hybridized carbons (Fsp3) is 0.286. The number of anilines is 2. The van der Waals surface area contributed by atoms with Crippen molar-refractivity contribution >= 4 is 28.4 Å². The van der Waals surface area contributed by atoms with Crippen LogP contribution in [0.3, 0.4) is 0 Å². The third kappa shape index (κ3) is 4.90. The summed E-state index contributed by atoms with van der Waals surface area (Å²) in [6.07, 6.45) is 5.21. The number of carbonyl (C=O) groups excluding carboxylic acids is 1. The van der Waals surface area contributed by atoms with Gasteiger partial charge < -0.3 is 25.3 Å². The van der Waals surface area contributed by atoms with E-state index in [1.807, 2.05) is 59.8 Å². The minimum absolute atomic E-state index is 0.0212. The van der Waals surface area contributed by atoms with Crippen molar-refractivity contribution in [3.05, 3.63) is 66.6 Å². The van der Waals surface area contributed by atoms with Gasteiger partial charge in [-0.25, -0.2) is 9.97 Å². The number of amides is 1. The van der Waals surface area contributed by atoms with Crippen LogP contribution in [-0.4, -0.2) is 56.8 Å². The highest BCUT2D eigenvalue weighted by molar-refractivity contribution is 6.07. The average molecular weight is 498 g/mol. The number of rotatable bonds is 8. The van der Waals surface area contributed by atoms with Crippen LogP contribution in [0.25, 0.3) is 33.5 Å². The Morgan fingerprint density at radius 3 is 2.54 bits per heavy atom. The van der Waals surface area contributed by atoms with Crippen LogP contribution in [0.15, 0.2) is 61.1 Å². The van der Waals surface area contributed by atoms with Crippen LogP contribution < -0.4 is 11.1 Å². The van der Waals surface area contributed by atoms with Gasteiger partial charge in [0, 0.05) is 37.6 Å². The van der Waals surface area contributed by atoms with E-state index in [4.69, 9.17) is 15.5 Å². The molecule has 0 atom stereocenters. The number of benzene rings is 1. The van der Waals surface area contributed by atoms with Crippen LogP contribution in [0.2, 0.25) is 0 Å². The molecule has 3 N–H and O–H groups in total. The van der Waals surface area contributed by atoms with Gasteiger partial charge in [-0.15, -0.1) is 0 Å². The minimum Gasteiger partial charge on any atom is -0.383 e. The van der Waals surface area contributed by atoms with E-state index in [-0.39, 0.29) is 5.91 Å². The first kappa shape index (κ1) is 24.5. The zero-order valence-electron chi connectivity index (χ0n) is 21.2. The monoisotopic (exact) mass is 497 g/mol. The number of hydrogen-bond donors (Lipinski definition) is 2. The molecule has 9 heteroatoms. The van der Waals surface area contributed by atoms with Gasteiger partial charge in [0.1, 0.15) is 24.5 Å². The number of nitrogens with one attached hydrogen (secondary N) is 1. The molecular formula is C28H31N7O2. The fourth-order valence-electron chi connectivity index (χ4n) is 4.74. The second kappa shape index (κ2) is 10.4. The van der Waals surface area contributed by atoms with E-state index in [1.54, 1.807) is 6.20 Å². The highest BCUT2D eigenvalue weighted by Gasteiger charge is 2.24. The molecule has 0 spiro atoms. The molecule has 1 aromatic carbocycles. The van der Waals surface area contributed by atoms with Gasteiger partial charge in [0.25, 0.3) is 5.91 Å². The topological polar surface area (TPSA) is 111 Å². The SMILES string of the molecule is C=C(C)COCNc1ccc(-c2c(-c3ccc(C(=O)N4CCCC4)cn3)c3c(N)ncnc3n2C)cc1. The molecular weight excluding hydrogens is 466 g/mol. The predicted molar refractivity (Wildman–Crippen MR) is 146 cm³/mol. The number of ether oxygens (including phenoxy) is 1. The molecule has 1 saturated heterocycles. The van der Waals surface area contributed by atoms with Crippen molar-refractivity contribution in [1.29, 1.82) is 0 Å². The van der Waals surface area contributed by atoms with Crippen LogP contribution in [-0.2, 0) is 11.8 Å². The molecule has 0 aliphatic carbocycles. The molecule has 3 aromatic heterocycles. The quantitative estimate of drug-likeness (QED) is 0.210. The number of nitrogen functional groups attached to an aromatic ring is 1. The molecule has 0 unspecified atom stereocenters. The molecule has 0 radical (unpaired) electrons. The highest BCUT2D eigenvalue weighted by Crippen LogP contribution is 2.41. The van der Waals surface area contributed by atoms with Crippen molar-refractivity contribution in [2.24, 2.45) is 7.05 Å². The van der Waals surface area contributed by atoms with Crippen molar-refractivity contribution in [1.82, 2.24) is 24.4 Å². The predicted octanol–water partition coefficient (Wildman–Crippen LogP) is 4.48. The van der Waals surface area contributed by atoms with Gasteiger partial charge in [0.2, 0.25) is 0 Å². The number of pyridine rings is 1. The van der Waals surface area contributed by atoms with Crippen molar-refractivity contribution in [2.45, 2.75) is 19.8 Å². The van der Waals surface area contributed by atoms with Crippen LogP contribution >= 0.6 is 0 Å². The van der Waals surface area contributed by atoms with Gasteiger partial charge in [-0.05, 0) is 49.6 Å². The Labute approximate surface area is 216 Å². The average Bonchev–Trinajstić information content (AvgIpc) is 3.54. The molecule has 4 aromatic rings. The van der Waals surface area contributed by atoms with Gasteiger partial charge in [-0.1, -0.05) is 24.3 Å². The molecule has 4 heterocycles. The lowest BCUT2D eigenvalue weighted by Crippen LogP contribution is -2.27. The molecule has 9 nitrogen and oxygen atoms in total. The highest BCUT2D eigenvalue weighted by atomic mass is 16.5. The summed E-state index contributed by atoms with van der Waals surface area (Å²) in [6, 6.07) is 11.8. The molecule has 1 fully saturated rings. The number of fused-ring (bicyclic) bond motifs is 1. The van der Waals surface area contributed by atoms with Gasteiger partial charge >= 0.3 is 0 Å². The van der Waals surface area contributed by atoms with Crippen molar-refractivity contribution in [2.75, 3.05) is 37.5 Å². The number of hydrogen-bond acceptors (Lipinski definition) is 7. The molecule has 1 aliphatic heterocycles. The summed E-state index contributed by atoms with van der Waals surface area (Å²) in [7, 11) is 1.95. The van der Waals surface area contributed by atoms with Gasteiger partial charge in [-0.2, -0.15) is 0 Å². The maximum atomic E-state index is 12.8. The normalized spacial score (nSPS) is 13.3. The fourth-order valence-corrected chi connectivity index (χ4v) is 4.74. The third-order valence-corrected chi connectivity index (χ3v) is 6.54. The summed E-state index contributed by atoms with van der Waals surface area (Å²) < 4.78 is 7.55. The number of carbonyl (C=O) groups is 1. The number of likely N-dealkylation sites (tertiary alicyclic amines) is 1. The van der Waals surface area contributed by atoms with Gasteiger partial charge in [-0.3, -0.25) is 9.78 Å². The summed E-state index contributed by atoms with van der Waals surface area (Å²) in [5.41, 5.74) is 13.0. The van der Waals surface area contributed by atoms with E-state index in [0.717, 1.165) is 59.4 Å². The summed E-state index contributed by atoms with van der Waals surface area (Å²) in [6.45, 7) is 8.28. The second-order valence-corrected chi connectivity index (χ2v) is 9.38. The molecule has 37 heavy (non-hydrogen) atoms. The Balaban J connectivity index is 1.51. The van der Waals surface area contributed by atoms with Crippen molar-refractivity contribution in [3.8, 4) is 22.5 Å². The Morgan fingerprint density at radius 1 is 1.11 bits per heavy atom.